The van der Waals surface area contributed by atoms with Gasteiger partial charge in [-0.05, 0) is 57.4 Å². The number of nitrogens with zero attached hydrogens (tertiary/aromatic N) is 4. The zero-order valence-corrected chi connectivity index (χ0v) is 23.3. The first-order valence-electron chi connectivity index (χ1n) is 11.2. The molecular weight excluding hydrogens is 608 g/mol. The molecule has 4 aromatic rings. The minimum Gasteiger partial charge on any atom is -0.493 e. The Morgan fingerprint density at radius 2 is 1.95 bits per heavy atom. The Bertz CT molecular complexity index is 1580. The molecule has 0 radical (unpaired) electrons. The van der Waals surface area contributed by atoms with Gasteiger partial charge in [0.15, 0.2) is 11.5 Å². The first-order chi connectivity index (χ1) is 17.7. The molecule has 1 aromatic heterocycles. The summed E-state index contributed by atoms with van der Waals surface area (Å²) in [5.74, 6) is 1.37. The molecule has 1 heterocycles. The predicted octanol–water partition coefficient (Wildman–Crippen LogP) is 6.42. The number of fused-ring (bicyclic) bond motifs is 1. The molecule has 0 bridgehead atoms. The lowest BCUT2D eigenvalue weighted by molar-refractivity contribution is -0.384. The summed E-state index contributed by atoms with van der Waals surface area (Å²) in [6.45, 7) is 4.01. The van der Waals surface area contributed by atoms with Crippen LogP contribution in [0.3, 0.4) is 0 Å². The van der Waals surface area contributed by atoms with Crippen molar-refractivity contribution in [2.75, 3.05) is 7.11 Å². The van der Waals surface area contributed by atoms with Crippen molar-refractivity contribution in [1.82, 2.24) is 9.66 Å². The molecule has 0 fully saturated rings. The quantitative estimate of drug-likeness (QED) is 0.126. The lowest BCUT2D eigenvalue weighted by Crippen LogP contribution is -2.23. The third-order valence-corrected chi connectivity index (χ3v) is 6.51. The molecule has 0 amide bonds. The second-order valence-electron chi connectivity index (χ2n) is 8.40. The minimum atomic E-state index is -0.450. The number of nitro benzene ring substituents is 1. The van der Waals surface area contributed by atoms with E-state index in [0.29, 0.717) is 43.8 Å². The standard InChI is InChI=1S/C26H22Br2N4O5/c1-15(2)25-30-22-8-7-18(27)12-20(22)26(33)31(25)29-13-17-10-21(28)24(23(11-17)36-3)37-14-16-5-4-6-19(9-16)32(34)35/h4-13,15H,14H2,1-3H3. The topological polar surface area (TPSA) is 109 Å². The number of benzene rings is 3. The van der Waals surface area contributed by atoms with Crippen LogP contribution in [0.25, 0.3) is 10.9 Å². The van der Waals surface area contributed by atoms with Gasteiger partial charge in [-0.25, -0.2) is 4.98 Å². The van der Waals surface area contributed by atoms with Gasteiger partial charge >= 0.3 is 0 Å². The van der Waals surface area contributed by atoms with Crippen LogP contribution in [0, 0.1) is 10.1 Å². The molecule has 0 atom stereocenters. The second kappa shape index (κ2) is 11.2. The molecule has 9 nitrogen and oxygen atoms in total. The van der Waals surface area contributed by atoms with Crippen molar-refractivity contribution >= 4 is 54.7 Å². The van der Waals surface area contributed by atoms with Gasteiger partial charge in [0.1, 0.15) is 12.4 Å². The molecule has 0 aliphatic heterocycles. The SMILES string of the molecule is COc1cc(C=Nn2c(C(C)C)nc3ccc(Br)cc3c2=O)cc(Br)c1OCc1cccc([N+](=O)[O-])c1. The number of ether oxygens (including phenoxy) is 2. The third-order valence-electron chi connectivity index (χ3n) is 5.43. The van der Waals surface area contributed by atoms with Crippen molar-refractivity contribution in [2.45, 2.75) is 26.4 Å². The molecule has 0 N–H and O–H groups in total. The van der Waals surface area contributed by atoms with E-state index in [-0.39, 0.29) is 23.8 Å². The molecule has 190 valence electrons. The Hall–Kier alpha value is -3.57. The van der Waals surface area contributed by atoms with Crippen LogP contribution in [0.5, 0.6) is 11.5 Å². The first-order valence-corrected chi connectivity index (χ1v) is 12.8. The monoisotopic (exact) mass is 628 g/mol. The number of methoxy groups -OCH3 is 1. The molecule has 0 aliphatic carbocycles. The maximum Gasteiger partial charge on any atom is 0.282 e. The van der Waals surface area contributed by atoms with Gasteiger partial charge in [0.2, 0.25) is 0 Å². The zero-order valence-electron chi connectivity index (χ0n) is 20.1. The van der Waals surface area contributed by atoms with Crippen LogP contribution in [0.4, 0.5) is 5.69 Å². The van der Waals surface area contributed by atoms with Crippen molar-refractivity contribution in [2.24, 2.45) is 5.10 Å². The highest BCUT2D eigenvalue weighted by Gasteiger charge is 2.15. The number of nitro groups is 1. The Balaban J connectivity index is 1.66. The van der Waals surface area contributed by atoms with E-state index in [1.807, 2.05) is 19.9 Å². The molecule has 0 spiro atoms. The Labute approximate surface area is 229 Å². The van der Waals surface area contributed by atoms with E-state index in [1.165, 1.54) is 23.9 Å². The smallest absolute Gasteiger partial charge is 0.282 e. The highest BCUT2D eigenvalue weighted by molar-refractivity contribution is 9.10. The molecule has 3 aromatic carbocycles. The summed E-state index contributed by atoms with van der Waals surface area (Å²) in [6.07, 6.45) is 1.55. The molecule has 37 heavy (non-hydrogen) atoms. The van der Waals surface area contributed by atoms with E-state index in [2.05, 4.69) is 41.9 Å². The summed E-state index contributed by atoms with van der Waals surface area (Å²) in [6, 6.07) is 15.1. The summed E-state index contributed by atoms with van der Waals surface area (Å²) in [5.41, 5.74) is 1.63. The number of aromatic nitrogens is 2. The van der Waals surface area contributed by atoms with Gasteiger partial charge in [0, 0.05) is 22.5 Å². The lowest BCUT2D eigenvalue weighted by atomic mass is 10.2. The zero-order chi connectivity index (χ0) is 26.7. The average molecular weight is 630 g/mol. The van der Waals surface area contributed by atoms with Crippen LogP contribution in [0.15, 0.2) is 73.4 Å². The maximum atomic E-state index is 13.2. The summed E-state index contributed by atoms with van der Waals surface area (Å²) >= 11 is 6.92. The van der Waals surface area contributed by atoms with Crippen molar-refractivity contribution < 1.29 is 14.4 Å². The normalized spacial score (nSPS) is 11.4. The molecule has 0 saturated carbocycles. The fraction of sp³-hybridized carbons (Fsp3) is 0.192. The van der Waals surface area contributed by atoms with E-state index in [0.717, 1.165) is 4.47 Å². The third kappa shape index (κ3) is 5.89. The van der Waals surface area contributed by atoms with Crippen LogP contribution < -0.4 is 15.0 Å². The van der Waals surface area contributed by atoms with Gasteiger partial charge in [-0.3, -0.25) is 14.9 Å². The Kier molecular flexibility index (Phi) is 8.03. The van der Waals surface area contributed by atoms with E-state index in [4.69, 9.17) is 9.47 Å². The average Bonchev–Trinajstić information content (AvgIpc) is 2.87. The van der Waals surface area contributed by atoms with Crippen molar-refractivity contribution in [1.29, 1.82) is 0 Å². The van der Waals surface area contributed by atoms with Gasteiger partial charge in [0.05, 0.1) is 33.6 Å². The summed E-state index contributed by atoms with van der Waals surface area (Å²) < 4.78 is 14.1. The van der Waals surface area contributed by atoms with Crippen LogP contribution in [-0.2, 0) is 6.61 Å². The fourth-order valence-electron chi connectivity index (χ4n) is 3.65. The molecule has 0 aliphatic rings. The predicted molar refractivity (Wildman–Crippen MR) is 149 cm³/mol. The maximum absolute atomic E-state index is 13.2. The van der Waals surface area contributed by atoms with E-state index < -0.39 is 4.92 Å². The van der Waals surface area contributed by atoms with Gasteiger partial charge in [0.25, 0.3) is 11.2 Å². The summed E-state index contributed by atoms with van der Waals surface area (Å²) in [5, 5.41) is 16.0. The Morgan fingerprint density at radius 3 is 2.65 bits per heavy atom. The van der Waals surface area contributed by atoms with Crippen molar-refractivity contribution in [3.05, 3.63) is 101 Å². The minimum absolute atomic E-state index is 0.00904. The highest BCUT2D eigenvalue weighted by Crippen LogP contribution is 2.37. The molecular formula is C26H22Br2N4O5. The first kappa shape index (κ1) is 26.5. The molecule has 0 saturated heterocycles. The fourth-order valence-corrected chi connectivity index (χ4v) is 4.58. The highest BCUT2D eigenvalue weighted by atomic mass is 79.9. The Morgan fingerprint density at radius 1 is 1.16 bits per heavy atom. The summed E-state index contributed by atoms with van der Waals surface area (Å²) in [7, 11) is 1.51. The van der Waals surface area contributed by atoms with E-state index >= 15 is 0 Å². The molecule has 0 unspecified atom stereocenters. The van der Waals surface area contributed by atoms with Crippen LogP contribution in [-0.4, -0.2) is 27.9 Å². The number of hydrogen-bond acceptors (Lipinski definition) is 7. The van der Waals surface area contributed by atoms with E-state index in [9.17, 15) is 14.9 Å². The summed E-state index contributed by atoms with van der Waals surface area (Å²) in [4.78, 5) is 28.5. The van der Waals surface area contributed by atoms with Crippen LogP contribution in [0.2, 0.25) is 0 Å². The number of rotatable bonds is 8. The molecule has 4 rings (SSSR count). The van der Waals surface area contributed by atoms with Gasteiger partial charge in [-0.15, -0.1) is 0 Å². The number of hydrogen-bond donors (Lipinski definition) is 0. The van der Waals surface area contributed by atoms with Crippen molar-refractivity contribution in [3.8, 4) is 11.5 Å². The van der Waals surface area contributed by atoms with Gasteiger partial charge in [-0.1, -0.05) is 41.9 Å². The number of non-ortho nitro benzene ring substituents is 1. The van der Waals surface area contributed by atoms with Crippen molar-refractivity contribution in [3.63, 3.8) is 0 Å². The second-order valence-corrected chi connectivity index (χ2v) is 10.2. The van der Waals surface area contributed by atoms with Crippen LogP contribution in [0.1, 0.15) is 36.7 Å². The van der Waals surface area contributed by atoms with Gasteiger partial charge < -0.3 is 9.47 Å². The largest absolute Gasteiger partial charge is 0.493 e. The molecule has 11 heteroatoms. The van der Waals surface area contributed by atoms with E-state index in [1.54, 1.807) is 42.6 Å². The van der Waals surface area contributed by atoms with Gasteiger partial charge in [-0.2, -0.15) is 9.78 Å². The van der Waals surface area contributed by atoms with Crippen LogP contribution >= 0.6 is 31.9 Å². The number of halogens is 2. The lowest BCUT2D eigenvalue weighted by Gasteiger charge is -2.14.